The van der Waals surface area contributed by atoms with Crippen molar-refractivity contribution in [2.75, 3.05) is 63.8 Å². The maximum absolute atomic E-state index is 12.7. The maximum Gasteiger partial charge on any atom is 0.317 e. The molecular formula is C23H36N6O2. The SMILES string of the molecule is C[C@@H](CCN1CCN(c2ccccc2)CC1)NC(=O)N1CCC(N2CCNC2=O)CC1. The third kappa shape index (κ3) is 5.61. The molecule has 1 aromatic rings. The lowest BCUT2D eigenvalue weighted by Crippen LogP contribution is -2.52. The summed E-state index contributed by atoms with van der Waals surface area (Å²) >= 11 is 0. The predicted octanol–water partition coefficient (Wildman–Crippen LogP) is 1.79. The zero-order valence-corrected chi connectivity index (χ0v) is 18.6. The molecule has 4 rings (SSSR count). The van der Waals surface area contributed by atoms with Crippen molar-refractivity contribution >= 4 is 17.7 Å². The summed E-state index contributed by atoms with van der Waals surface area (Å²) < 4.78 is 0. The first-order valence-electron chi connectivity index (χ1n) is 11.7. The Hall–Kier alpha value is -2.48. The third-order valence-electron chi connectivity index (χ3n) is 6.82. The number of hydrogen-bond donors (Lipinski definition) is 2. The zero-order valence-electron chi connectivity index (χ0n) is 18.6. The van der Waals surface area contributed by atoms with E-state index in [1.54, 1.807) is 0 Å². The Morgan fingerprint density at radius 1 is 1.06 bits per heavy atom. The van der Waals surface area contributed by atoms with E-state index < -0.39 is 0 Å². The molecule has 0 saturated carbocycles. The highest BCUT2D eigenvalue weighted by Crippen LogP contribution is 2.19. The summed E-state index contributed by atoms with van der Waals surface area (Å²) in [5.74, 6) is 0. The molecule has 3 heterocycles. The van der Waals surface area contributed by atoms with Gasteiger partial charge in [-0.25, -0.2) is 9.59 Å². The molecule has 0 aromatic heterocycles. The first-order valence-corrected chi connectivity index (χ1v) is 11.7. The Labute approximate surface area is 185 Å². The topological polar surface area (TPSA) is 71.2 Å². The molecular weight excluding hydrogens is 392 g/mol. The molecule has 3 fully saturated rings. The van der Waals surface area contributed by atoms with E-state index in [2.05, 4.69) is 57.7 Å². The molecule has 0 aliphatic carbocycles. The van der Waals surface area contributed by atoms with Crippen LogP contribution in [0.4, 0.5) is 15.3 Å². The summed E-state index contributed by atoms with van der Waals surface area (Å²) in [6, 6.07) is 11.1. The van der Waals surface area contributed by atoms with E-state index in [1.165, 1.54) is 5.69 Å². The second-order valence-corrected chi connectivity index (χ2v) is 8.95. The summed E-state index contributed by atoms with van der Waals surface area (Å²) in [5, 5.41) is 6.04. The van der Waals surface area contributed by atoms with E-state index in [1.807, 2.05) is 9.80 Å². The summed E-state index contributed by atoms with van der Waals surface area (Å²) in [6.07, 6.45) is 2.68. The number of anilines is 1. The lowest BCUT2D eigenvalue weighted by Gasteiger charge is -2.37. The molecule has 2 N–H and O–H groups in total. The third-order valence-corrected chi connectivity index (χ3v) is 6.82. The van der Waals surface area contributed by atoms with Gasteiger partial charge in [-0.2, -0.15) is 0 Å². The molecule has 31 heavy (non-hydrogen) atoms. The molecule has 3 aliphatic heterocycles. The van der Waals surface area contributed by atoms with Gasteiger partial charge in [0.25, 0.3) is 0 Å². The van der Waals surface area contributed by atoms with E-state index in [0.717, 1.165) is 65.1 Å². The summed E-state index contributed by atoms with van der Waals surface area (Å²) in [6.45, 7) is 10.3. The molecule has 0 bridgehead atoms. The van der Waals surface area contributed by atoms with Crippen molar-refractivity contribution in [1.29, 1.82) is 0 Å². The van der Waals surface area contributed by atoms with Crippen LogP contribution in [0.5, 0.6) is 0 Å². The van der Waals surface area contributed by atoms with Crippen LogP contribution in [0.3, 0.4) is 0 Å². The number of nitrogens with one attached hydrogen (secondary N) is 2. The van der Waals surface area contributed by atoms with Gasteiger partial charge in [-0.15, -0.1) is 0 Å². The number of carbonyl (C=O) groups excluding carboxylic acids is 2. The number of likely N-dealkylation sites (tertiary alicyclic amines) is 1. The van der Waals surface area contributed by atoms with Gasteiger partial charge in [0.05, 0.1) is 0 Å². The average Bonchev–Trinajstić information content (AvgIpc) is 3.24. The van der Waals surface area contributed by atoms with Gasteiger partial charge >= 0.3 is 12.1 Å². The minimum Gasteiger partial charge on any atom is -0.369 e. The number of piperazine rings is 1. The Bertz CT molecular complexity index is 729. The van der Waals surface area contributed by atoms with Crippen LogP contribution in [0.15, 0.2) is 30.3 Å². The number of carbonyl (C=O) groups is 2. The molecule has 1 aromatic carbocycles. The lowest BCUT2D eigenvalue weighted by molar-refractivity contribution is 0.139. The number of urea groups is 2. The molecule has 0 spiro atoms. The smallest absolute Gasteiger partial charge is 0.317 e. The lowest BCUT2D eigenvalue weighted by atomic mass is 10.0. The zero-order chi connectivity index (χ0) is 21.6. The quantitative estimate of drug-likeness (QED) is 0.725. The molecule has 8 heteroatoms. The molecule has 3 saturated heterocycles. The first kappa shape index (κ1) is 21.7. The highest BCUT2D eigenvalue weighted by Gasteiger charge is 2.32. The van der Waals surface area contributed by atoms with Crippen molar-refractivity contribution in [2.24, 2.45) is 0 Å². The van der Waals surface area contributed by atoms with Crippen molar-refractivity contribution in [3.8, 4) is 0 Å². The summed E-state index contributed by atoms with van der Waals surface area (Å²) in [5.41, 5.74) is 1.30. The van der Waals surface area contributed by atoms with Crippen LogP contribution in [-0.2, 0) is 0 Å². The van der Waals surface area contributed by atoms with Crippen LogP contribution in [0.1, 0.15) is 26.2 Å². The Kier molecular flexibility index (Phi) is 7.17. The minimum absolute atomic E-state index is 0.0331. The molecule has 1 atom stereocenters. The fourth-order valence-electron chi connectivity index (χ4n) is 4.83. The van der Waals surface area contributed by atoms with E-state index in [-0.39, 0.29) is 24.1 Å². The standard InChI is InChI=1S/C23H36N6O2/c1-19(7-11-26-15-17-27(18-16-26)20-5-3-2-4-6-20)25-23(31)28-12-8-21(9-13-28)29-14-10-24-22(29)30/h2-6,19,21H,7-18H2,1H3,(H,24,30)(H,25,31)/t19-/m0/s1. The van der Waals surface area contributed by atoms with Gasteiger partial charge in [-0.05, 0) is 38.3 Å². The number of benzene rings is 1. The number of para-hydroxylation sites is 1. The summed E-state index contributed by atoms with van der Waals surface area (Å²) in [4.78, 5) is 33.3. The van der Waals surface area contributed by atoms with E-state index >= 15 is 0 Å². The number of nitrogens with zero attached hydrogens (tertiary/aromatic N) is 4. The molecule has 3 aliphatic rings. The van der Waals surface area contributed by atoms with Gasteiger partial charge in [-0.3, -0.25) is 4.90 Å². The van der Waals surface area contributed by atoms with Gasteiger partial charge in [0, 0.05) is 76.7 Å². The molecule has 0 radical (unpaired) electrons. The van der Waals surface area contributed by atoms with Gasteiger partial charge < -0.3 is 25.3 Å². The van der Waals surface area contributed by atoms with E-state index in [9.17, 15) is 9.59 Å². The van der Waals surface area contributed by atoms with Gasteiger partial charge in [0.1, 0.15) is 0 Å². The van der Waals surface area contributed by atoms with Crippen LogP contribution in [0.25, 0.3) is 0 Å². The predicted molar refractivity (Wildman–Crippen MR) is 122 cm³/mol. The minimum atomic E-state index is 0.0331. The number of piperidine rings is 1. The monoisotopic (exact) mass is 428 g/mol. The molecule has 0 unspecified atom stereocenters. The van der Waals surface area contributed by atoms with Crippen molar-refractivity contribution in [3.05, 3.63) is 30.3 Å². The highest BCUT2D eigenvalue weighted by molar-refractivity contribution is 5.77. The Morgan fingerprint density at radius 3 is 2.42 bits per heavy atom. The van der Waals surface area contributed by atoms with E-state index in [4.69, 9.17) is 0 Å². The van der Waals surface area contributed by atoms with Gasteiger partial charge in [-0.1, -0.05) is 18.2 Å². The number of amides is 4. The van der Waals surface area contributed by atoms with Gasteiger partial charge in [0.2, 0.25) is 0 Å². The summed E-state index contributed by atoms with van der Waals surface area (Å²) in [7, 11) is 0. The van der Waals surface area contributed by atoms with Crippen LogP contribution in [0, 0.1) is 0 Å². The van der Waals surface area contributed by atoms with Gasteiger partial charge in [0.15, 0.2) is 0 Å². The van der Waals surface area contributed by atoms with Crippen molar-refractivity contribution in [3.63, 3.8) is 0 Å². The number of hydrogen-bond acceptors (Lipinski definition) is 4. The van der Waals surface area contributed by atoms with Crippen LogP contribution in [0.2, 0.25) is 0 Å². The largest absolute Gasteiger partial charge is 0.369 e. The van der Waals surface area contributed by atoms with Crippen molar-refractivity contribution < 1.29 is 9.59 Å². The van der Waals surface area contributed by atoms with Crippen LogP contribution in [-0.4, -0.2) is 97.7 Å². The normalized spacial score (nSPS) is 21.8. The second kappa shape index (κ2) is 10.2. The first-order chi connectivity index (χ1) is 15.1. The Balaban J connectivity index is 1.12. The van der Waals surface area contributed by atoms with Crippen molar-refractivity contribution in [1.82, 2.24) is 25.3 Å². The van der Waals surface area contributed by atoms with Crippen LogP contribution >= 0.6 is 0 Å². The van der Waals surface area contributed by atoms with E-state index in [0.29, 0.717) is 13.1 Å². The average molecular weight is 429 g/mol. The Morgan fingerprint density at radius 2 is 1.77 bits per heavy atom. The molecule has 8 nitrogen and oxygen atoms in total. The number of rotatable bonds is 6. The maximum atomic E-state index is 12.7. The molecule has 4 amide bonds. The van der Waals surface area contributed by atoms with Crippen LogP contribution < -0.4 is 15.5 Å². The van der Waals surface area contributed by atoms with Crippen molar-refractivity contribution in [2.45, 2.75) is 38.3 Å². The fraction of sp³-hybridized carbons (Fsp3) is 0.652. The fourth-order valence-corrected chi connectivity index (χ4v) is 4.83. The second-order valence-electron chi connectivity index (χ2n) is 8.95. The highest BCUT2D eigenvalue weighted by atomic mass is 16.2. The molecule has 170 valence electrons.